The van der Waals surface area contributed by atoms with Gasteiger partial charge in [0.05, 0.1) is 5.69 Å². The molecule has 114 valence electrons. The Balaban J connectivity index is 2.20. The van der Waals surface area contributed by atoms with Crippen molar-refractivity contribution in [1.29, 1.82) is 0 Å². The van der Waals surface area contributed by atoms with Gasteiger partial charge < -0.3 is 4.74 Å². The van der Waals surface area contributed by atoms with Gasteiger partial charge in [-0.25, -0.2) is 14.9 Å². The molecule has 1 atom stereocenters. The normalized spacial score (nSPS) is 21.3. The predicted octanol–water partition coefficient (Wildman–Crippen LogP) is 1.53. The predicted molar refractivity (Wildman–Crippen MR) is 68.5 cm³/mol. The lowest BCUT2D eigenvalue weighted by atomic mass is 10.1. The van der Waals surface area contributed by atoms with E-state index in [0.29, 0.717) is 0 Å². The first kappa shape index (κ1) is 14.3. The van der Waals surface area contributed by atoms with Crippen LogP contribution in [0.5, 0.6) is 5.75 Å². The molecule has 1 unspecified atom stereocenters. The molecule has 0 spiro atoms. The van der Waals surface area contributed by atoms with Crippen LogP contribution in [0.3, 0.4) is 0 Å². The Morgan fingerprint density at radius 3 is 2.41 bits per heavy atom. The number of amides is 1. The molecule has 0 bridgehead atoms. The van der Waals surface area contributed by atoms with Gasteiger partial charge in [0.2, 0.25) is 0 Å². The monoisotopic (exact) mass is 310 g/mol. The molecule has 1 aliphatic rings. The van der Waals surface area contributed by atoms with Crippen molar-refractivity contribution in [1.82, 2.24) is 9.97 Å². The molecular formula is C13H9F3N4O2. The minimum Gasteiger partial charge on any atom is -0.454 e. The number of halogens is 3. The van der Waals surface area contributed by atoms with Gasteiger partial charge in [0.25, 0.3) is 5.72 Å². The third kappa shape index (κ3) is 2.06. The van der Waals surface area contributed by atoms with Crippen LogP contribution in [0.2, 0.25) is 0 Å². The summed E-state index contributed by atoms with van der Waals surface area (Å²) in [6.07, 6.45) is -2.45. The highest BCUT2D eigenvalue weighted by Crippen LogP contribution is 2.43. The van der Waals surface area contributed by atoms with Crippen molar-refractivity contribution in [2.24, 2.45) is 5.73 Å². The van der Waals surface area contributed by atoms with E-state index in [0.717, 1.165) is 6.07 Å². The molecule has 0 aliphatic carbocycles. The van der Waals surface area contributed by atoms with Crippen LogP contribution in [0.25, 0.3) is 0 Å². The molecule has 0 radical (unpaired) electrons. The number of hydrogen-bond donors (Lipinski definition) is 1. The van der Waals surface area contributed by atoms with E-state index < -0.39 is 23.6 Å². The summed E-state index contributed by atoms with van der Waals surface area (Å²) in [4.78, 5) is 19.5. The Morgan fingerprint density at radius 2 is 1.77 bits per heavy atom. The lowest BCUT2D eigenvalue weighted by Gasteiger charge is -2.39. The molecule has 0 saturated carbocycles. The number of anilines is 1. The quantitative estimate of drug-likeness (QED) is 0.808. The third-order valence-electron chi connectivity index (χ3n) is 3.05. The van der Waals surface area contributed by atoms with Gasteiger partial charge in [0, 0.05) is 12.4 Å². The number of fused-ring (bicyclic) bond motifs is 1. The standard InChI is InChI=1S/C13H9F3N4O2/c14-13(15,16)20-8-4-1-2-5-9(8)22-12(17,11(20)21)10-18-6-3-7-19-10/h1-7H,17H2. The van der Waals surface area contributed by atoms with Crippen LogP contribution in [0.4, 0.5) is 18.9 Å². The van der Waals surface area contributed by atoms with Crippen molar-refractivity contribution in [2.75, 3.05) is 4.90 Å². The lowest BCUT2D eigenvalue weighted by Crippen LogP contribution is -2.63. The topological polar surface area (TPSA) is 81.3 Å². The van der Waals surface area contributed by atoms with Crippen LogP contribution < -0.4 is 15.4 Å². The number of rotatable bonds is 1. The van der Waals surface area contributed by atoms with Gasteiger partial charge in [0.1, 0.15) is 5.75 Å². The third-order valence-corrected chi connectivity index (χ3v) is 3.05. The maximum absolute atomic E-state index is 13.3. The van der Waals surface area contributed by atoms with Crippen LogP contribution in [0.1, 0.15) is 5.82 Å². The van der Waals surface area contributed by atoms with Crippen LogP contribution >= 0.6 is 0 Å². The first-order chi connectivity index (χ1) is 10.3. The van der Waals surface area contributed by atoms with E-state index in [9.17, 15) is 18.0 Å². The number of nitrogens with zero attached hydrogens (tertiary/aromatic N) is 3. The average molecular weight is 310 g/mol. The number of hydrogen-bond acceptors (Lipinski definition) is 5. The van der Waals surface area contributed by atoms with Crippen molar-refractivity contribution < 1.29 is 22.7 Å². The molecule has 0 fully saturated rings. The van der Waals surface area contributed by atoms with Gasteiger partial charge in [-0.3, -0.25) is 10.5 Å². The number of ether oxygens (including phenoxy) is 1. The molecule has 6 nitrogen and oxygen atoms in total. The zero-order chi connectivity index (χ0) is 16.0. The highest BCUT2D eigenvalue weighted by molar-refractivity contribution is 6.02. The van der Waals surface area contributed by atoms with E-state index in [1.165, 1.54) is 36.7 Å². The first-order valence-corrected chi connectivity index (χ1v) is 6.10. The molecule has 0 saturated heterocycles. The second kappa shape index (κ2) is 4.67. The fourth-order valence-electron chi connectivity index (χ4n) is 2.10. The van der Waals surface area contributed by atoms with Gasteiger partial charge in [-0.05, 0) is 18.2 Å². The molecule has 3 rings (SSSR count). The summed E-state index contributed by atoms with van der Waals surface area (Å²) in [5, 5.41) is 0. The summed E-state index contributed by atoms with van der Waals surface area (Å²) in [6.45, 7) is 0. The van der Waals surface area contributed by atoms with Gasteiger partial charge in [-0.1, -0.05) is 12.1 Å². The minimum absolute atomic E-state index is 0.186. The molecule has 9 heteroatoms. The molecule has 2 heterocycles. The molecular weight excluding hydrogens is 301 g/mol. The van der Waals surface area contributed by atoms with E-state index in [2.05, 4.69) is 9.97 Å². The fourth-order valence-corrected chi connectivity index (χ4v) is 2.10. The molecule has 1 aliphatic heterocycles. The number of aromatic nitrogens is 2. The second-order valence-electron chi connectivity index (χ2n) is 4.49. The van der Waals surface area contributed by atoms with Crippen molar-refractivity contribution in [3.8, 4) is 5.75 Å². The molecule has 22 heavy (non-hydrogen) atoms. The number of nitrogens with two attached hydrogens (primary N) is 1. The minimum atomic E-state index is -4.96. The summed E-state index contributed by atoms with van der Waals surface area (Å²) in [5.74, 6) is -2.05. The number of carbonyl (C=O) groups excluding carboxylic acids is 1. The Hall–Kier alpha value is -2.68. The number of para-hydroxylation sites is 2. The summed E-state index contributed by atoms with van der Waals surface area (Å²) in [5.41, 5.74) is 2.90. The highest BCUT2D eigenvalue weighted by atomic mass is 19.4. The van der Waals surface area contributed by atoms with Gasteiger partial charge in [-0.2, -0.15) is 0 Å². The first-order valence-electron chi connectivity index (χ1n) is 6.10. The maximum atomic E-state index is 13.3. The molecule has 2 aromatic rings. The highest BCUT2D eigenvalue weighted by Gasteiger charge is 2.57. The van der Waals surface area contributed by atoms with Crippen LogP contribution in [0, 0.1) is 0 Å². The molecule has 1 amide bonds. The van der Waals surface area contributed by atoms with Crippen LogP contribution in [-0.2, 0) is 10.5 Å². The van der Waals surface area contributed by atoms with Crippen LogP contribution in [-0.4, -0.2) is 22.2 Å². The van der Waals surface area contributed by atoms with E-state index in [4.69, 9.17) is 10.5 Å². The Morgan fingerprint density at radius 1 is 1.14 bits per heavy atom. The van der Waals surface area contributed by atoms with Crippen molar-refractivity contribution in [3.63, 3.8) is 0 Å². The van der Waals surface area contributed by atoms with Crippen LogP contribution in [0.15, 0.2) is 42.7 Å². The van der Waals surface area contributed by atoms with E-state index in [1.807, 2.05) is 0 Å². The summed E-state index contributed by atoms with van der Waals surface area (Å²) in [6, 6.07) is 6.67. The summed E-state index contributed by atoms with van der Waals surface area (Å²) >= 11 is 0. The number of benzene rings is 1. The van der Waals surface area contributed by atoms with Crippen molar-refractivity contribution in [3.05, 3.63) is 48.5 Å². The number of carbonyl (C=O) groups is 1. The second-order valence-corrected chi connectivity index (χ2v) is 4.49. The largest absolute Gasteiger partial charge is 0.491 e. The zero-order valence-corrected chi connectivity index (χ0v) is 10.9. The SMILES string of the molecule is NC1(c2ncccn2)Oc2ccccc2N(C(F)(F)F)C1=O. The summed E-state index contributed by atoms with van der Waals surface area (Å²) < 4.78 is 45.2. The maximum Gasteiger partial charge on any atom is 0.491 e. The van der Waals surface area contributed by atoms with Crippen molar-refractivity contribution >= 4 is 11.6 Å². The summed E-state index contributed by atoms with van der Waals surface area (Å²) in [7, 11) is 0. The van der Waals surface area contributed by atoms with E-state index in [-0.39, 0.29) is 16.5 Å². The van der Waals surface area contributed by atoms with Gasteiger partial charge in [-0.15, -0.1) is 13.2 Å². The fraction of sp³-hybridized carbons (Fsp3) is 0.154. The smallest absolute Gasteiger partial charge is 0.454 e. The lowest BCUT2D eigenvalue weighted by molar-refractivity contribution is -0.165. The molecule has 2 N–H and O–H groups in total. The van der Waals surface area contributed by atoms with Gasteiger partial charge >= 0.3 is 12.2 Å². The Labute approximate surface area is 122 Å². The van der Waals surface area contributed by atoms with E-state index in [1.54, 1.807) is 0 Å². The number of alkyl halides is 3. The van der Waals surface area contributed by atoms with Gasteiger partial charge in [0.15, 0.2) is 5.82 Å². The molecule has 1 aromatic carbocycles. The Bertz CT molecular complexity index is 723. The van der Waals surface area contributed by atoms with Crippen molar-refractivity contribution in [2.45, 2.75) is 12.0 Å². The average Bonchev–Trinajstić information content (AvgIpc) is 2.48. The Kier molecular flexibility index (Phi) is 3.03. The van der Waals surface area contributed by atoms with E-state index >= 15 is 0 Å². The zero-order valence-electron chi connectivity index (χ0n) is 10.9. The molecule has 1 aromatic heterocycles.